The molecule has 2 aromatic rings. The van der Waals surface area contributed by atoms with E-state index in [1.807, 2.05) is 19.1 Å². The quantitative estimate of drug-likeness (QED) is 0.162. The molecule has 2 rings (SSSR count). The predicted molar refractivity (Wildman–Crippen MR) is 147 cm³/mol. The lowest BCUT2D eigenvalue weighted by molar-refractivity contribution is -0.136. The van der Waals surface area contributed by atoms with E-state index >= 15 is 0 Å². The third-order valence-electron chi connectivity index (χ3n) is 5.65. The zero-order valence-electron chi connectivity index (χ0n) is 22.2. The minimum atomic E-state index is -3.33. The zero-order chi connectivity index (χ0) is 27.3. The number of rotatable bonds is 17. The number of unbranched alkanes of at least 4 members (excludes halogenated alkanes) is 2. The summed E-state index contributed by atoms with van der Waals surface area (Å²) in [5, 5.41) is 9.33. The molecule has 0 unspecified atom stereocenters. The average Bonchev–Trinajstić information content (AvgIpc) is 2.88. The molecule has 0 radical (unpaired) electrons. The van der Waals surface area contributed by atoms with Crippen molar-refractivity contribution in [2.45, 2.75) is 52.9 Å². The number of ether oxygens (including phenoxy) is 3. The highest BCUT2D eigenvalue weighted by atomic mass is 32.2. The average molecular weight is 534 g/mol. The second-order valence-electron chi connectivity index (χ2n) is 8.56. The standard InChI is InChI=1S/C28H39NO7S/c1-5-8-17-35-26-20-23(21-27(28(30)31)34-7-3)12-15-25(26)36-18-16-22-10-13-24(14-11-22)29(4)37(32,33)19-9-6-2/h10-15,20-21H,5-9,16-19H2,1-4H3,(H,30,31)/b27-21-. The summed E-state index contributed by atoms with van der Waals surface area (Å²) < 4.78 is 43.3. The van der Waals surface area contributed by atoms with Crippen LogP contribution in [0.2, 0.25) is 0 Å². The molecule has 0 spiro atoms. The largest absolute Gasteiger partial charge is 0.490 e. The van der Waals surface area contributed by atoms with Gasteiger partial charge in [0.15, 0.2) is 11.5 Å². The first-order chi connectivity index (χ1) is 17.7. The Morgan fingerprint density at radius 2 is 1.62 bits per heavy atom. The van der Waals surface area contributed by atoms with Crippen LogP contribution in [0.5, 0.6) is 11.5 Å². The van der Waals surface area contributed by atoms with Crippen LogP contribution in [0.15, 0.2) is 48.2 Å². The van der Waals surface area contributed by atoms with E-state index in [2.05, 4.69) is 6.92 Å². The molecule has 0 amide bonds. The Balaban J connectivity index is 2.08. The maximum atomic E-state index is 12.4. The number of sulfonamides is 1. The van der Waals surface area contributed by atoms with E-state index in [1.165, 1.54) is 10.4 Å². The van der Waals surface area contributed by atoms with Crippen LogP contribution in [0.4, 0.5) is 5.69 Å². The molecule has 9 heteroatoms. The van der Waals surface area contributed by atoms with Crippen molar-refractivity contribution < 1.29 is 32.5 Å². The molecule has 0 bridgehead atoms. The number of anilines is 1. The van der Waals surface area contributed by atoms with E-state index in [0.717, 1.165) is 24.8 Å². The molecule has 0 fully saturated rings. The van der Waals surface area contributed by atoms with Crippen molar-refractivity contribution in [1.29, 1.82) is 0 Å². The maximum absolute atomic E-state index is 12.4. The molecule has 2 aromatic carbocycles. The highest BCUT2D eigenvalue weighted by molar-refractivity contribution is 7.92. The lowest BCUT2D eigenvalue weighted by Crippen LogP contribution is -2.28. The topological polar surface area (TPSA) is 102 Å². The van der Waals surface area contributed by atoms with Gasteiger partial charge in [0, 0.05) is 13.5 Å². The summed E-state index contributed by atoms with van der Waals surface area (Å²) in [6.07, 6.45) is 5.41. The number of carboxylic acids is 1. The van der Waals surface area contributed by atoms with Crippen LogP contribution < -0.4 is 13.8 Å². The molecule has 8 nitrogen and oxygen atoms in total. The first-order valence-corrected chi connectivity index (χ1v) is 14.4. The Labute approximate surface area is 220 Å². The Hall–Kier alpha value is -3.20. The van der Waals surface area contributed by atoms with Crippen molar-refractivity contribution in [1.82, 2.24) is 0 Å². The highest BCUT2D eigenvalue weighted by Crippen LogP contribution is 2.30. The molecule has 0 aromatic heterocycles. The number of aliphatic carboxylic acids is 1. The molecule has 0 saturated heterocycles. The summed E-state index contributed by atoms with van der Waals surface area (Å²) in [5.41, 5.74) is 2.28. The summed E-state index contributed by atoms with van der Waals surface area (Å²) in [6, 6.07) is 12.7. The van der Waals surface area contributed by atoms with Crippen molar-refractivity contribution in [3.05, 3.63) is 59.4 Å². The van der Waals surface area contributed by atoms with Crippen molar-refractivity contribution in [3.63, 3.8) is 0 Å². The SMILES string of the molecule is CCCCOc1cc(/C=C(\OCC)C(=O)O)ccc1OCCc1ccc(N(C)S(=O)(=O)CCCC)cc1. The van der Waals surface area contributed by atoms with Gasteiger partial charge in [-0.2, -0.15) is 0 Å². The van der Waals surface area contributed by atoms with Gasteiger partial charge in [0.1, 0.15) is 0 Å². The molecule has 0 atom stereocenters. The number of nitrogens with zero attached hydrogens (tertiary/aromatic N) is 1. The van der Waals surface area contributed by atoms with Crippen LogP contribution in [-0.4, -0.2) is 52.1 Å². The second kappa shape index (κ2) is 15.1. The number of hydrogen-bond acceptors (Lipinski definition) is 6. The molecular weight excluding hydrogens is 494 g/mol. The smallest absolute Gasteiger partial charge is 0.371 e. The number of hydrogen-bond donors (Lipinski definition) is 1. The number of carbonyl (C=O) groups is 1. The third kappa shape index (κ3) is 9.64. The Bertz CT molecular complexity index is 1130. The van der Waals surface area contributed by atoms with Gasteiger partial charge in [-0.15, -0.1) is 0 Å². The van der Waals surface area contributed by atoms with Gasteiger partial charge < -0.3 is 19.3 Å². The molecule has 0 aliphatic rings. The molecule has 0 heterocycles. The third-order valence-corrected chi connectivity index (χ3v) is 7.50. The Kier molecular flexibility index (Phi) is 12.3. The first kappa shape index (κ1) is 30.0. The number of benzene rings is 2. The molecule has 0 aliphatic carbocycles. The van der Waals surface area contributed by atoms with E-state index in [4.69, 9.17) is 14.2 Å². The van der Waals surface area contributed by atoms with Crippen LogP contribution in [0.25, 0.3) is 6.08 Å². The molecule has 204 valence electrons. The van der Waals surface area contributed by atoms with Gasteiger partial charge in [-0.3, -0.25) is 4.31 Å². The fourth-order valence-electron chi connectivity index (χ4n) is 3.42. The second-order valence-corrected chi connectivity index (χ2v) is 10.7. The molecule has 0 aliphatic heterocycles. The van der Waals surface area contributed by atoms with Gasteiger partial charge in [0.25, 0.3) is 0 Å². The maximum Gasteiger partial charge on any atom is 0.371 e. The van der Waals surface area contributed by atoms with Crippen molar-refractivity contribution in [3.8, 4) is 11.5 Å². The fourth-order valence-corrected chi connectivity index (χ4v) is 4.79. The van der Waals surface area contributed by atoms with Crippen LogP contribution in [0, 0.1) is 0 Å². The Morgan fingerprint density at radius 3 is 2.24 bits per heavy atom. The van der Waals surface area contributed by atoms with Gasteiger partial charge >= 0.3 is 5.97 Å². The highest BCUT2D eigenvalue weighted by Gasteiger charge is 2.17. The van der Waals surface area contributed by atoms with Gasteiger partial charge in [0.05, 0.1) is 31.3 Å². The molecule has 0 saturated carbocycles. The minimum Gasteiger partial charge on any atom is -0.490 e. The monoisotopic (exact) mass is 533 g/mol. The van der Waals surface area contributed by atoms with E-state index in [-0.39, 0.29) is 18.1 Å². The molecule has 1 N–H and O–H groups in total. The summed E-state index contributed by atoms with van der Waals surface area (Å²) in [7, 11) is -1.75. The van der Waals surface area contributed by atoms with E-state index in [0.29, 0.717) is 48.8 Å². The van der Waals surface area contributed by atoms with Crippen molar-refractivity contribution in [2.24, 2.45) is 0 Å². The zero-order valence-corrected chi connectivity index (χ0v) is 23.1. The van der Waals surface area contributed by atoms with Crippen LogP contribution in [0.3, 0.4) is 0 Å². The predicted octanol–water partition coefficient (Wildman–Crippen LogP) is 5.52. The summed E-state index contributed by atoms with van der Waals surface area (Å²) in [4.78, 5) is 11.4. The van der Waals surface area contributed by atoms with E-state index < -0.39 is 16.0 Å². The Morgan fingerprint density at radius 1 is 0.946 bits per heavy atom. The van der Waals surface area contributed by atoms with Gasteiger partial charge in [-0.1, -0.05) is 44.9 Å². The van der Waals surface area contributed by atoms with Crippen molar-refractivity contribution in [2.75, 3.05) is 36.9 Å². The van der Waals surface area contributed by atoms with Gasteiger partial charge in [-0.05, 0) is 61.2 Å². The molecule has 37 heavy (non-hydrogen) atoms. The summed E-state index contributed by atoms with van der Waals surface area (Å²) >= 11 is 0. The summed E-state index contributed by atoms with van der Waals surface area (Å²) in [6.45, 7) is 6.94. The van der Waals surface area contributed by atoms with E-state index in [1.54, 1.807) is 44.3 Å². The summed E-state index contributed by atoms with van der Waals surface area (Å²) in [5.74, 6) is -0.0252. The van der Waals surface area contributed by atoms with E-state index in [9.17, 15) is 18.3 Å². The van der Waals surface area contributed by atoms with Crippen LogP contribution in [0.1, 0.15) is 57.6 Å². The van der Waals surface area contributed by atoms with Crippen LogP contribution >= 0.6 is 0 Å². The van der Waals surface area contributed by atoms with Gasteiger partial charge in [0.2, 0.25) is 15.8 Å². The minimum absolute atomic E-state index is 0.135. The van der Waals surface area contributed by atoms with Gasteiger partial charge in [-0.25, -0.2) is 13.2 Å². The lowest BCUT2D eigenvalue weighted by Gasteiger charge is -2.19. The lowest BCUT2D eigenvalue weighted by atomic mass is 10.1. The van der Waals surface area contributed by atoms with Crippen LogP contribution in [-0.2, 0) is 26.0 Å². The first-order valence-electron chi connectivity index (χ1n) is 12.7. The fraction of sp³-hybridized carbons (Fsp3) is 0.464. The van der Waals surface area contributed by atoms with Crippen molar-refractivity contribution >= 4 is 27.8 Å². The molecular formula is C28H39NO7S. The normalized spacial score (nSPS) is 11.7. The number of carboxylic acid groups (broad SMARTS) is 1.